The first-order valence-electron chi connectivity index (χ1n) is 6.83. The zero-order chi connectivity index (χ0) is 15.1. The predicted octanol–water partition coefficient (Wildman–Crippen LogP) is 2.87. The fourth-order valence-corrected chi connectivity index (χ4v) is 2.31. The Kier molecular flexibility index (Phi) is 5.84. The zero-order valence-electron chi connectivity index (χ0n) is 12.0. The molecule has 0 aliphatic rings. The molecule has 0 aliphatic heterocycles. The first kappa shape index (κ1) is 15.6. The maximum atomic E-state index is 6.08. The smallest absolute Gasteiger partial charge is 0.164 e. The van der Waals surface area contributed by atoms with Gasteiger partial charge in [-0.2, -0.15) is 0 Å². The molecule has 4 nitrogen and oxygen atoms in total. The molecule has 1 aromatic carbocycles. The van der Waals surface area contributed by atoms with E-state index in [1.165, 1.54) is 0 Å². The summed E-state index contributed by atoms with van der Waals surface area (Å²) < 4.78 is 11.2. The number of methoxy groups -OCH3 is 1. The Morgan fingerprint density at radius 3 is 2.76 bits per heavy atom. The Hall–Kier alpha value is -1.78. The van der Waals surface area contributed by atoms with Crippen LogP contribution >= 0.6 is 11.6 Å². The van der Waals surface area contributed by atoms with Crippen molar-refractivity contribution in [1.82, 2.24) is 4.98 Å². The number of ether oxygens (including phenoxy) is 2. The molecule has 0 saturated carbocycles. The van der Waals surface area contributed by atoms with Crippen molar-refractivity contribution in [2.24, 2.45) is 5.73 Å². The molecular formula is C16H19ClN2O2. The number of pyridine rings is 1. The minimum Gasteiger partial charge on any atom is -0.493 e. The van der Waals surface area contributed by atoms with Crippen LogP contribution in [-0.2, 0) is 12.8 Å². The van der Waals surface area contributed by atoms with E-state index in [4.69, 9.17) is 26.8 Å². The molecule has 2 aromatic rings. The van der Waals surface area contributed by atoms with Gasteiger partial charge in [-0.3, -0.25) is 4.98 Å². The summed E-state index contributed by atoms with van der Waals surface area (Å²) in [5.41, 5.74) is 7.59. The van der Waals surface area contributed by atoms with Crippen LogP contribution in [0.15, 0.2) is 36.5 Å². The molecule has 0 spiro atoms. The summed E-state index contributed by atoms with van der Waals surface area (Å²) in [5, 5.41) is 0.618. The topological polar surface area (TPSA) is 57.4 Å². The van der Waals surface area contributed by atoms with Crippen molar-refractivity contribution < 1.29 is 9.47 Å². The van der Waals surface area contributed by atoms with Crippen LogP contribution in [0, 0.1) is 0 Å². The molecule has 0 unspecified atom stereocenters. The van der Waals surface area contributed by atoms with E-state index in [2.05, 4.69) is 4.98 Å². The van der Waals surface area contributed by atoms with Gasteiger partial charge in [0.2, 0.25) is 0 Å². The van der Waals surface area contributed by atoms with Crippen molar-refractivity contribution in [2.75, 3.05) is 20.3 Å². The second-order valence-electron chi connectivity index (χ2n) is 4.55. The number of aromatic nitrogens is 1. The molecule has 21 heavy (non-hydrogen) atoms. The highest BCUT2D eigenvalue weighted by Crippen LogP contribution is 2.35. The van der Waals surface area contributed by atoms with Crippen molar-refractivity contribution in [1.29, 1.82) is 0 Å². The second-order valence-corrected chi connectivity index (χ2v) is 4.99. The SMILES string of the molecule is COc1cc(Cl)cc(CCN)c1OCCc1ccccn1. The first-order chi connectivity index (χ1) is 10.2. The quantitative estimate of drug-likeness (QED) is 0.854. The maximum absolute atomic E-state index is 6.08. The van der Waals surface area contributed by atoms with Crippen molar-refractivity contribution in [3.05, 3.63) is 52.8 Å². The molecular weight excluding hydrogens is 288 g/mol. The van der Waals surface area contributed by atoms with Crippen LogP contribution in [0.5, 0.6) is 11.5 Å². The highest BCUT2D eigenvalue weighted by molar-refractivity contribution is 6.30. The number of halogens is 1. The Bertz CT molecular complexity index is 576. The van der Waals surface area contributed by atoms with Gasteiger partial charge >= 0.3 is 0 Å². The van der Waals surface area contributed by atoms with Crippen molar-refractivity contribution in [2.45, 2.75) is 12.8 Å². The minimum absolute atomic E-state index is 0.520. The maximum Gasteiger partial charge on any atom is 0.164 e. The van der Waals surface area contributed by atoms with E-state index in [-0.39, 0.29) is 0 Å². The third kappa shape index (κ3) is 4.34. The minimum atomic E-state index is 0.520. The highest BCUT2D eigenvalue weighted by atomic mass is 35.5. The van der Waals surface area contributed by atoms with Crippen LogP contribution in [0.25, 0.3) is 0 Å². The second kappa shape index (κ2) is 7.86. The summed E-state index contributed by atoms with van der Waals surface area (Å²) in [6.07, 6.45) is 3.20. The van der Waals surface area contributed by atoms with E-state index in [9.17, 15) is 0 Å². The molecule has 0 radical (unpaired) electrons. The van der Waals surface area contributed by atoms with E-state index in [0.717, 1.165) is 17.7 Å². The average molecular weight is 307 g/mol. The number of nitrogens with zero attached hydrogens (tertiary/aromatic N) is 1. The number of benzene rings is 1. The van der Waals surface area contributed by atoms with Gasteiger partial charge in [-0.1, -0.05) is 17.7 Å². The molecule has 5 heteroatoms. The predicted molar refractivity (Wildman–Crippen MR) is 84.2 cm³/mol. The molecule has 0 bridgehead atoms. The number of nitrogens with two attached hydrogens (primary N) is 1. The monoisotopic (exact) mass is 306 g/mol. The van der Waals surface area contributed by atoms with Crippen LogP contribution in [-0.4, -0.2) is 25.2 Å². The van der Waals surface area contributed by atoms with Gasteiger partial charge in [-0.25, -0.2) is 0 Å². The van der Waals surface area contributed by atoms with Gasteiger partial charge in [0.25, 0.3) is 0 Å². The van der Waals surface area contributed by atoms with Gasteiger partial charge in [0.1, 0.15) is 0 Å². The van der Waals surface area contributed by atoms with E-state index < -0.39 is 0 Å². The van der Waals surface area contributed by atoms with E-state index in [1.54, 1.807) is 19.4 Å². The molecule has 0 atom stereocenters. The summed E-state index contributed by atoms with van der Waals surface area (Å²) in [7, 11) is 1.60. The fraction of sp³-hybridized carbons (Fsp3) is 0.312. The molecule has 1 heterocycles. The number of hydrogen-bond acceptors (Lipinski definition) is 4. The Labute approximate surface area is 129 Å². The zero-order valence-corrected chi connectivity index (χ0v) is 12.8. The normalized spacial score (nSPS) is 10.4. The Morgan fingerprint density at radius 1 is 1.24 bits per heavy atom. The van der Waals surface area contributed by atoms with Crippen LogP contribution in [0.2, 0.25) is 5.02 Å². The molecule has 112 valence electrons. The Balaban J connectivity index is 2.10. The van der Waals surface area contributed by atoms with Crippen LogP contribution in [0.3, 0.4) is 0 Å². The van der Waals surface area contributed by atoms with Gasteiger partial charge in [0, 0.05) is 35.0 Å². The summed E-state index contributed by atoms with van der Waals surface area (Å²) in [4.78, 5) is 4.27. The lowest BCUT2D eigenvalue weighted by atomic mass is 10.1. The third-order valence-corrected chi connectivity index (χ3v) is 3.28. The molecule has 2 N–H and O–H groups in total. The standard InChI is InChI=1S/C16H19ClN2O2/c1-20-15-11-13(17)10-12(5-7-18)16(15)21-9-6-14-4-2-3-8-19-14/h2-4,8,10-11H,5-7,9,18H2,1H3. The van der Waals surface area contributed by atoms with E-state index in [1.807, 2.05) is 24.3 Å². The lowest BCUT2D eigenvalue weighted by Gasteiger charge is -2.15. The van der Waals surface area contributed by atoms with E-state index >= 15 is 0 Å². The van der Waals surface area contributed by atoms with Gasteiger partial charge in [0.05, 0.1) is 13.7 Å². The molecule has 0 amide bonds. The van der Waals surface area contributed by atoms with Crippen molar-refractivity contribution >= 4 is 11.6 Å². The van der Waals surface area contributed by atoms with Crippen LogP contribution < -0.4 is 15.2 Å². The van der Waals surface area contributed by atoms with Gasteiger partial charge in [-0.05, 0) is 31.2 Å². The van der Waals surface area contributed by atoms with Crippen LogP contribution in [0.1, 0.15) is 11.3 Å². The lowest BCUT2D eigenvalue weighted by molar-refractivity contribution is 0.293. The average Bonchev–Trinajstić information content (AvgIpc) is 2.50. The summed E-state index contributed by atoms with van der Waals surface area (Å²) >= 11 is 6.08. The van der Waals surface area contributed by atoms with Crippen molar-refractivity contribution in [3.63, 3.8) is 0 Å². The largest absolute Gasteiger partial charge is 0.493 e. The number of hydrogen-bond donors (Lipinski definition) is 1. The third-order valence-electron chi connectivity index (χ3n) is 3.06. The summed E-state index contributed by atoms with van der Waals surface area (Å²) in [6, 6.07) is 9.45. The number of rotatable bonds is 7. The lowest BCUT2D eigenvalue weighted by Crippen LogP contribution is -2.09. The fourth-order valence-electron chi connectivity index (χ4n) is 2.08. The highest BCUT2D eigenvalue weighted by Gasteiger charge is 2.12. The Morgan fingerprint density at radius 2 is 2.10 bits per heavy atom. The molecule has 0 saturated heterocycles. The summed E-state index contributed by atoms with van der Waals surface area (Å²) in [5.74, 6) is 1.34. The molecule has 0 fully saturated rings. The molecule has 2 rings (SSSR count). The molecule has 0 aliphatic carbocycles. The van der Waals surface area contributed by atoms with Gasteiger partial charge in [0.15, 0.2) is 11.5 Å². The van der Waals surface area contributed by atoms with Crippen LogP contribution in [0.4, 0.5) is 0 Å². The van der Waals surface area contributed by atoms with Crippen molar-refractivity contribution in [3.8, 4) is 11.5 Å². The van der Waals surface area contributed by atoms with E-state index in [0.29, 0.717) is 36.1 Å². The molecule has 1 aromatic heterocycles. The summed E-state index contributed by atoms with van der Waals surface area (Å²) in [6.45, 7) is 1.05. The van der Waals surface area contributed by atoms with Gasteiger partial charge in [-0.15, -0.1) is 0 Å². The first-order valence-corrected chi connectivity index (χ1v) is 7.21. The van der Waals surface area contributed by atoms with Gasteiger partial charge < -0.3 is 15.2 Å².